The molecule has 0 atom stereocenters. The number of aryl methyl sites for hydroxylation is 1. The highest BCUT2D eigenvalue weighted by Gasteiger charge is 2.14. The highest BCUT2D eigenvalue weighted by atomic mass is 35.5. The van der Waals surface area contributed by atoms with E-state index < -0.39 is 0 Å². The minimum atomic E-state index is -0.143. The van der Waals surface area contributed by atoms with E-state index in [1.165, 1.54) is 11.8 Å². The van der Waals surface area contributed by atoms with Gasteiger partial charge in [-0.2, -0.15) is 0 Å². The largest absolute Gasteiger partial charge is 0.493 e. The summed E-state index contributed by atoms with van der Waals surface area (Å²) in [7, 11) is 3.45. The van der Waals surface area contributed by atoms with E-state index in [2.05, 4.69) is 15.5 Å². The van der Waals surface area contributed by atoms with Gasteiger partial charge in [-0.25, -0.2) is 0 Å². The fraction of sp³-hybridized carbons (Fsp3) is 0.286. The van der Waals surface area contributed by atoms with Crippen LogP contribution >= 0.6 is 23.4 Å². The van der Waals surface area contributed by atoms with Crippen LogP contribution in [0, 0.1) is 13.8 Å². The molecule has 0 radical (unpaired) electrons. The molecule has 1 N–H and O–H groups in total. The van der Waals surface area contributed by atoms with E-state index in [0.717, 1.165) is 11.1 Å². The van der Waals surface area contributed by atoms with E-state index in [1.807, 2.05) is 49.7 Å². The zero-order valence-electron chi connectivity index (χ0n) is 17.2. The SMILES string of the molecule is COc1cc(C)ccc1OCc1nnc(SCC(=O)Nc2cccc(Cl)c2C)n1C. The van der Waals surface area contributed by atoms with Gasteiger partial charge in [-0.15, -0.1) is 10.2 Å². The van der Waals surface area contributed by atoms with Crippen molar-refractivity contribution in [3.63, 3.8) is 0 Å². The second-order valence-electron chi connectivity index (χ2n) is 6.65. The quantitative estimate of drug-likeness (QED) is 0.516. The summed E-state index contributed by atoms with van der Waals surface area (Å²) in [5, 5.41) is 12.4. The predicted octanol–water partition coefficient (Wildman–Crippen LogP) is 4.40. The predicted molar refractivity (Wildman–Crippen MR) is 119 cm³/mol. The summed E-state index contributed by atoms with van der Waals surface area (Å²) in [6, 6.07) is 11.1. The number of aromatic nitrogens is 3. The molecule has 7 nitrogen and oxygen atoms in total. The lowest BCUT2D eigenvalue weighted by Gasteiger charge is -2.11. The lowest BCUT2D eigenvalue weighted by atomic mass is 10.2. The van der Waals surface area contributed by atoms with Crippen molar-refractivity contribution in [2.24, 2.45) is 7.05 Å². The minimum Gasteiger partial charge on any atom is -0.493 e. The van der Waals surface area contributed by atoms with Gasteiger partial charge in [0, 0.05) is 17.8 Å². The first-order chi connectivity index (χ1) is 14.4. The summed E-state index contributed by atoms with van der Waals surface area (Å²) in [5.41, 5.74) is 2.62. The number of anilines is 1. The number of nitrogens with one attached hydrogen (secondary N) is 1. The summed E-state index contributed by atoms with van der Waals surface area (Å²) in [4.78, 5) is 12.3. The first-order valence-electron chi connectivity index (χ1n) is 9.22. The van der Waals surface area contributed by atoms with Crippen LogP contribution in [0.4, 0.5) is 5.69 Å². The number of carbonyl (C=O) groups is 1. The number of carbonyl (C=O) groups excluding carboxylic acids is 1. The third kappa shape index (κ3) is 5.25. The molecule has 9 heteroatoms. The van der Waals surface area contributed by atoms with Gasteiger partial charge in [0.25, 0.3) is 0 Å². The molecular weight excluding hydrogens is 424 g/mol. The number of hydrogen-bond donors (Lipinski definition) is 1. The van der Waals surface area contributed by atoms with Gasteiger partial charge >= 0.3 is 0 Å². The van der Waals surface area contributed by atoms with Crippen LogP contribution in [0.1, 0.15) is 17.0 Å². The summed E-state index contributed by atoms with van der Waals surface area (Å²) < 4.78 is 13.0. The molecule has 0 unspecified atom stereocenters. The van der Waals surface area contributed by atoms with Crippen LogP contribution in [-0.2, 0) is 18.4 Å². The maximum absolute atomic E-state index is 12.3. The Labute approximate surface area is 184 Å². The zero-order valence-corrected chi connectivity index (χ0v) is 18.8. The Balaban J connectivity index is 1.57. The molecule has 0 aliphatic rings. The van der Waals surface area contributed by atoms with Gasteiger partial charge in [0.2, 0.25) is 5.91 Å². The van der Waals surface area contributed by atoms with Gasteiger partial charge in [-0.3, -0.25) is 4.79 Å². The molecule has 0 saturated carbocycles. The molecule has 3 aromatic rings. The number of rotatable bonds is 8. The lowest BCUT2D eigenvalue weighted by Crippen LogP contribution is -2.15. The van der Waals surface area contributed by atoms with Crippen LogP contribution < -0.4 is 14.8 Å². The van der Waals surface area contributed by atoms with E-state index >= 15 is 0 Å². The molecule has 30 heavy (non-hydrogen) atoms. The number of thioether (sulfide) groups is 1. The van der Waals surface area contributed by atoms with E-state index in [4.69, 9.17) is 21.1 Å². The van der Waals surface area contributed by atoms with Crippen LogP contribution in [0.2, 0.25) is 5.02 Å². The van der Waals surface area contributed by atoms with Crippen molar-refractivity contribution in [3.8, 4) is 11.5 Å². The van der Waals surface area contributed by atoms with Crippen molar-refractivity contribution in [2.45, 2.75) is 25.6 Å². The Hall–Kier alpha value is -2.71. The van der Waals surface area contributed by atoms with Crippen molar-refractivity contribution in [1.82, 2.24) is 14.8 Å². The lowest BCUT2D eigenvalue weighted by molar-refractivity contribution is -0.113. The molecule has 0 aliphatic carbocycles. The van der Waals surface area contributed by atoms with Crippen LogP contribution in [0.15, 0.2) is 41.6 Å². The van der Waals surface area contributed by atoms with Gasteiger partial charge in [0.1, 0.15) is 6.61 Å². The highest BCUT2D eigenvalue weighted by molar-refractivity contribution is 7.99. The van der Waals surface area contributed by atoms with Crippen molar-refractivity contribution < 1.29 is 14.3 Å². The molecule has 1 heterocycles. The smallest absolute Gasteiger partial charge is 0.234 e. The molecule has 1 amide bonds. The van der Waals surface area contributed by atoms with Crippen LogP contribution in [-0.4, -0.2) is 33.5 Å². The van der Waals surface area contributed by atoms with Crippen LogP contribution in [0.3, 0.4) is 0 Å². The first kappa shape index (κ1) is 22.0. The van der Waals surface area contributed by atoms with Gasteiger partial charge in [0.05, 0.1) is 12.9 Å². The van der Waals surface area contributed by atoms with Gasteiger partial charge < -0.3 is 19.4 Å². The van der Waals surface area contributed by atoms with E-state index in [-0.39, 0.29) is 18.3 Å². The van der Waals surface area contributed by atoms with Crippen LogP contribution in [0.5, 0.6) is 11.5 Å². The third-order valence-corrected chi connectivity index (χ3v) is 5.90. The topological polar surface area (TPSA) is 78.3 Å². The van der Waals surface area contributed by atoms with Crippen molar-refractivity contribution in [3.05, 3.63) is 58.4 Å². The summed E-state index contributed by atoms with van der Waals surface area (Å²) in [6.45, 7) is 4.09. The number of amides is 1. The summed E-state index contributed by atoms with van der Waals surface area (Å²) in [6.07, 6.45) is 0. The molecule has 0 saturated heterocycles. The number of methoxy groups -OCH3 is 1. The van der Waals surface area contributed by atoms with Crippen molar-refractivity contribution in [1.29, 1.82) is 0 Å². The Kier molecular flexibility index (Phi) is 7.23. The first-order valence-corrected chi connectivity index (χ1v) is 10.6. The molecule has 0 bridgehead atoms. The molecule has 158 valence electrons. The number of halogens is 1. The third-order valence-electron chi connectivity index (χ3n) is 4.48. The second-order valence-corrected chi connectivity index (χ2v) is 8.00. The number of hydrogen-bond acceptors (Lipinski definition) is 6. The standard InChI is InChI=1S/C21H23ClN4O3S/c1-13-8-9-17(18(10-13)28-4)29-11-19-24-25-21(26(19)3)30-12-20(27)23-16-7-5-6-15(22)14(16)2/h5-10H,11-12H2,1-4H3,(H,23,27). The van der Waals surface area contributed by atoms with Crippen LogP contribution in [0.25, 0.3) is 0 Å². The van der Waals surface area contributed by atoms with E-state index in [0.29, 0.717) is 33.2 Å². The number of ether oxygens (including phenoxy) is 2. The molecule has 0 fully saturated rings. The average Bonchev–Trinajstić information content (AvgIpc) is 3.08. The monoisotopic (exact) mass is 446 g/mol. The Morgan fingerprint density at radius 1 is 1.20 bits per heavy atom. The second kappa shape index (κ2) is 9.86. The molecule has 1 aromatic heterocycles. The van der Waals surface area contributed by atoms with Gasteiger partial charge in [-0.1, -0.05) is 35.5 Å². The molecule has 3 rings (SSSR count). The average molecular weight is 447 g/mol. The number of nitrogens with zero attached hydrogens (tertiary/aromatic N) is 3. The van der Waals surface area contributed by atoms with Crippen molar-refractivity contribution >= 4 is 35.0 Å². The van der Waals surface area contributed by atoms with E-state index in [9.17, 15) is 4.79 Å². The molecule has 2 aromatic carbocycles. The highest BCUT2D eigenvalue weighted by Crippen LogP contribution is 2.29. The zero-order chi connectivity index (χ0) is 21.7. The van der Waals surface area contributed by atoms with E-state index in [1.54, 1.807) is 19.2 Å². The molecular formula is C21H23ClN4O3S. The van der Waals surface area contributed by atoms with Crippen molar-refractivity contribution in [2.75, 3.05) is 18.2 Å². The molecule has 0 spiro atoms. The fourth-order valence-corrected chi connectivity index (χ4v) is 3.60. The molecule has 0 aliphatic heterocycles. The maximum Gasteiger partial charge on any atom is 0.234 e. The van der Waals surface area contributed by atoms with Gasteiger partial charge in [-0.05, 0) is 49.2 Å². The Morgan fingerprint density at radius 3 is 2.77 bits per heavy atom. The summed E-state index contributed by atoms with van der Waals surface area (Å²) in [5.74, 6) is 2.00. The Morgan fingerprint density at radius 2 is 2.00 bits per heavy atom. The minimum absolute atomic E-state index is 0.143. The fourth-order valence-electron chi connectivity index (χ4n) is 2.69. The number of benzene rings is 2. The normalized spacial score (nSPS) is 10.7. The van der Waals surface area contributed by atoms with Gasteiger partial charge in [0.15, 0.2) is 22.5 Å². The Bertz CT molecular complexity index is 1050. The maximum atomic E-state index is 12.3. The summed E-state index contributed by atoms with van der Waals surface area (Å²) >= 11 is 7.40.